The smallest absolute Gasteiger partial charge is 0.269 e. The Morgan fingerprint density at radius 2 is 2.10 bits per heavy atom. The fourth-order valence-electron chi connectivity index (χ4n) is 2.14. The molecule has 7 nitrogen and oxygen atoms in total. The number of aromatic nitrogens is 2. The third-order valence-corrected chi connectivity index (χ3v) is 3.20. The Bertz CT molecular complexity index is 656. The van der Waals surface area contributed by atoms with E-state index in [-0.39, 0.29) is 11.9 Å². The molecule has 0 radical (unpaired) electrons. The lowest BCUT2D eigenvalue weighted by molar-refractivity contribution is -0.384. The molecule has 0 fully saturated rings. The van der Waals surface area contributed by atoms with Crippen molar-refractivity contribution in [3.63, 3.8) is 0 Å². The van der Waals surface area contributed by atoms with E-state index >= 15 is 0 Å². The summed E-state index contributed by atoms with van der Waals surface area (Å²) in [5, 5.41) is 17.2. The Morgan fingerprint density at radius 1 is 1.35 bits per heavy atom. The van der Waals surface area contributed by atoms with Crippen LogP contribution in [0.1, 0.15) is 23.1 Å². The van der Waals surface area contributed by atoms with Gasteiger partial charge in [-0.15, -0.1) is 0 Å². The number of rotatable bonds is 2. The van der Waals surface area contributed by atoms with Crippen LogP contribution < -0.4 is 10.6 Å². The molecule has 1 aromatic carbocycles. The zero-order valence-corrected chi connectivity index (χ0v) is 10.8. The largest absolute Gasteiger partial charge is 0.350 e. The first-order chi connectivity index (χ1) is 9.63. The van der Waals surface area contributed by atoms with Crippen LogP contribution in [0.25, 0.3) is 0 Å². The van der Waals surface area contributed by atoms with E-state index in [4.69, 9.17) is 0 Å². The van der Waals surface area contributed by atoms with Gasteiger partial charge in [-0.05, 0) is 24.6 Å². The Kier molecular flexibility index (Phi) is 3.03. The standard InChI is InChI=1S/C13H13N5O2/c1-8-14-6-10-7-15-12(17-13(10)16-8)9-2-4-11(5-3-9)18(19)20/h2-6,12,15H,7H2,1H3,(H,14,16,17)/t12-/m0/s1. The first-order valence-corrected chi connectivity index (χ1v) is 6.20. The van der Waals surface area contributed by atoms with Crippen molar-refractivity contribution in [2.45, 2.75) is 19.6 Å². The van der Waals surface area contributed by atoms with Crippen molar-refractivity contribution in [3.8, 4) is 0 Å². The topological polar surface area (TPSA) is 93.0 Å². The zero-order chi connectivity index (χ0) is 14.1. The van der Waals surface area contributed by atoms with Gasteiger partial charge in [-0.25, -0.2) is 9.97 Å². The number of hydrogen-bond donors (Lipinski definition) is 2. The van der Waals surface area contributed by atoms with Crippen LogP contribution in [0.15, 0.2) is 30.5 Å². The highest BCUT2D eigenvalue weighted by molar-refractivity contribution is 5.48. The molecular formula is C13H13N5O2. The molecule has 1 aromatic heterocycles. The minimum atomic E-state index is -0.405. The number of fused-ring (bicyclic) bond motifs is 1. The summed E-state index contributed by atoms with van der Waals surface area (Å²) in [5.74, 6) is 1.51. The van der Waals surface area contributed by atoms with Crippen molar-refractivity contribution in [1.29, 1.82) is 0 Å². The predicted octanol–water partition coefficient (Wildman–Crippen LogP) is 1.91. The fourth-order valence-corrected chi connectivity index (χ4v) is 2.14. The van der Waals surface area contributed by atoms with Gasteiger partial charge in [0.25, 0.3) is 5.69 Å². The van der Waals surface area contributed by atoms with Crippen molar-refractivity contribution in [3.05, 3.63) is 57.5 Å². The fraction of sp³-hybridized carbons (Fsp3) is 0.231. The molecule has 0 bridgehead atoms. The number of nitrogens with zero attached hydrogens (tertiary/aromatic N) is 3. The molecule has 1 aliphatic heterocycles. The van der Waals surface area contributed by atoms with Crippen molar-refractivity contribution < 1.29 is 4.92 Å². The lowest BCUT2D eigenvalue weighted by Crippen LogP contribution is -2.33. The van der Waals surface area contributed by atoms with Crippen LogP contribution in [0.5, 0.6) is 0 Å². The first kappa shape index (κ1) is 12.5. The van der Waals surface area contributed by atoms with E-state index in [9.17, 15) is 10.1 Å². The molecule has 0 amide bonds. The summed E-state index contributed by atoms with van der Waals surface area (Å²) in [6.07, 6.45) is 1.68. The molecule has 1 aliphatic rings. The highest BCUT2D eigenvalue weighted by atomic mass is 16.6. The van der Waals surface area contributed by atoms with Gasteiger partial charge in [-0.1, -0.05) is 0 Å². The predicted molar refractivity (Wildman–Crippen MR) is 73.1 cm³/mol. The number of aryl methyl sites for hydroxylation is 1. The van der Waals surface area contributed by atoms with Crippen molar-refractivity contribution in [1.82, 2.24) is 15.3 Å². The average Bonchev–Trinajstić information content (AvgIpc) is 2.46. The Labute approximate surface area is 115 Å². The Hall–Kier alpha value is -2.54. The van der Waals surface area contributed by atoms with E-state index in [2.05, 4.69) is 20.6 Å². The van der Waals surface area contributed by atoms with Gasteiger partial charge in [0, 0.05) is 30.4 Å². The highest BCUT2D eigenvalue weighted by Gasteiger charge is 2.20. The maximum Gasteiger partial charge on any atom is 0.269 e. The molecule has 2 aromatic rings. The summed E-state index contributed by atoms with van der Waals surface area (Å²) in [5.41, 5.74) is 2.02. The van der Waals surface area contributed by atoms with Crippen LogP contribution in [0.2, 0.25) is 0 Å². The Morgan fingerprint density at radius 3 is 2.80 bits per heavy atom. The molecule has 2 heterocycles. The lowest BCUT2D eigenvalue weighted by Gasteiger charge is -2.27. The molecule has 0 unspecified atom stereocenters. The molecular weight excluding hydrogens is 258 g/mol. The number of anilines is 1. The van der Waals surface area contributed by atoms with Gasteiger partial charge < -0.3 is 5.32 Å². The number of benzene rings is 1. The number of non-ortho nitro benzene ring substituents is 1. The number of nitrogens with one attached hydrogen (secondary N) is 2. The van der Waals surface area contributed by atoms with E-state index in [1.165, 1.54) is 12.1 Å². The van der Waals surface area contributed by atoms with Gasteiger partial charge in [0.15, 0.2) is 0 Å². The maximum absolute atomic E-state index is 10.6. The molecule has 3 rings (SSSR count). The average molecular weight is 271 g/mol. The summed E-state index contributed by atoms with van der Waals surface area (Å²) in [6.45, 7) is 2.50. The minimum absolute atomic E-state index is 0.0862. The molecule has 20 heavy (non-hydrogen) atoms. The number of nitro groups is 1. The lowest BCUT2D eigenvalue weighted by atomic mass is 10.1. The second-order valence-corrected chi connectivity index (χ2v) is 4.60. The van der Waals surface area contributed by atoms with Gasteiger partial charge in [0.05, 0.1) is 4.92 Å². The molecule has 0 saturated carbocycles. The SMILES string of the molecule is Cc1ncc2c(n1)N[C@@H](c1ccc([N+](=O)[O-])cc1)NC2. The number of hydrogen-bond acceptors (Lipinski definition) is 6. The molecule has 1 atom stereocenters. The first-order valence-electron chi connectivity index (χ1n) is 6.20. The van der Waals surface area contributed by atoms with Crippen LogP contribution in [-0.4, -0.2) is 14.9 Å². The van der Waals surface area contributed by atoms with Gasteiger partial charge in [-0.2, -0.15) is 0 Å². The van der Waals surface area contributed by atoms with Crippen LogP contribution in [0.3, 0.4) is 0 Å². The summed E-state index contributed by atoms with van der Waals surface area (Å²) in [7, 11) is 0. The maximum atomic E-state index is 10.6. The molecule has 7 heteroatoms. The third-order valence-electron chi connectivity index (χ3n) is 3.20. The Balaban J connectivity index is 1.84. The minimum Gasteiger partial charge on any atom is -0.350 e. The van der Waals surface area contributed by atoms with Gasteiger partial charge in [-0.3, -0.25) is 15.4 Å². The van der Waals surface area contributed by atoms with Gasteiger partial charge >= 0.3 is 0 Å². The zero-order valence-electron chi connectivity index (χ0n) is 10.8. The van der Waals surface area contributed by atoms with Crippen LogP contribution in [-0.2, 0) is 6.54 Å². The second kappa shape index (κ2) is 4.86. The number of nitro benzene ring substituents is 1. The van der Waals surface area contributed by atoms with Gasteiger partial charge in [0.1, 0.15) is 17.8 Å². The van der Waals surface area contributed by atoms with E-state index in [1.807, 2.05) is 6.92 Å². The van der Waals surface area contributed by atoms with E-state index in [0.717, 1.165) is 16.9 Å². The monoisotopic (exact) mass is 271 g/mol. The third kappa shape index (κ3) is 2.30. The second-order valence-electron chi connectivity index (χ2n) is 4.60. The van der Waals surface area contributed by atoms with Gasteiger partial charge in [0.2, 0.25) is 0 Å². The molecule has 0 aliphatic carbocycles. The van der Waals surface area contributed by atoms with Crippen LogP contribution >= 0.6 is 0 Å². The molecule has 0 spiro atoms. The molecule has 0 saturated heterocycles. The van der Waals surface area contributed by atoms with Crippen molar-refractivity contribution in [2.24, 2.45) is 0 Å². The quantitative estimate of drug-likeness (QED) is 0.640. The van der Waals surface area contributed by atoms with E-state index in [0.29, 0.717) is 12.4 Å². The summed E-state index contributed by atoms with van der Waals surface area (Å²) < 4.78 is 0. The molecule has 2 N–H and O–H groups in total. The van der Waals surface area contributed by atoms with Crippen LogP contribution in [0, 0.1) is 17.0 Å². The van der Waals surface area contributed by atoms with Crippen LogP contribution in [0.4, 0.5) is 11.5 Å². The summed E-state index contributed by atoms with van der Waals surface area (Å²) in [4.78, 5) is 18.8. The highest BCUT2D eigenvalue weighted by Crippen LogP contribution is 2.25. The van der Waals surface area contributed by atoms with E-state index in [1.54, 1.807) is 18.3 Å². The van der Waals surface area contributed by atoms with E-state index < -0.39 is 4.92 Å². The van der Waals surface area contributed by atoms with Crippen molar-refractivity contribution in [2.75, 3.05) is 5.32 Å². The summed E-state index contributed by atoms with van der Waals surface area (Å²) >= 11 is 0. The summed E-state index contributed by atoms with van der Waals surface area (Å²) in [6, 6.07) is 6.47. The van der Waals surface area contributed by atoms with Crippen molar-refractivity contribution >= 4 is 11.5 Å². The normalized spacial score (nSPS) is 17.1. The molecule has 102 valence electrons.